The monoisotopic (exact) mass is 320 g/mol. The second-order valence-electron chi connectivity index (χ2n) is 6.41. The minimum Gasteiger partial charge on any atom is -0.337 e. The first-order valence-corrected chi connectivity index (χ1v) is 8.26. The highest BCUT2D eigenvalue weighted by Crippen LogP contribution is 2.29. The highest BCUT2D eigenvalue weighted by Gasteiger charge is 2.26. The molecule has 1 aromatic heterocycles. The maximum absolute atomic E-state index is 12.2. The van der Waals surface area contributed by atoms with Crippen LogP contribution in [0.3, 0.4) is 0 Å². The van der Waals surface area contributed by atoms with Crippen LogP contribution in [0.15, 0.2) is 35.5 Å². The Morgan fingerprint density at radius 2 is 2.08 bits per heavy atom. The molecule has 2 aliphatic rings. The van der Waals surface area contributed by atoms with Crippen LogP contribution in [0.4, 0.5) is 0 Å². The Morgan fingerprint density at radius 3 is 2.88 bits per heavy atom. The first-order chi connectivity index (χ1) is 11.7. The number of aliphatic imine (C=N–C) groups is 1. The Kier molecular flexibility index (Phi) is 3.65. The molecule has 2 N–H and O–H groups in total. The van der Waals surface area contributed by atoms with Gasteiger partial charge in [-0.15, -0.1) is 0 Å². The average molecular weight is 320 g/mol. The third-order valence-electron chi connectivity index (χ3n) is 4.71. The molecule has 0 atom stereocenters. The first-order valence-electron chi connectivity index (χ1n) is 8.26. The standard InChI is InChI=1S/C19H20N4O/c1-12-6-13(2-4-21-12)19-17-8-16-11-23(5-3-20)18(24)9-14(16)7-15(17)10-22-19/h2,4,6-8H,3,5,9-11,20H2,1H3. The molecule has 0 bridgehead atoms. The van der Waals surface area contributed by atoms with E-state index in [1.165, 1.54) is 16.7 Å². The lowest BCUT2D eigenvalue weighted by Gasteiger charge is -2.29. The zero-order valence-electron chi connectivity index (χ0n) is 13.7. The van der Waals surface area contributed by atoms with Gasteiger partial charge in [-0.3, -0.25) is 14.8 Å². The summed E-state index contributed by atoms with van der Waals surface area (Å²) < 4.78 is 0. The predicted molar refractivity (Wildman–Crippen MR) is 92.9 cm³/mol. The summed E-state index contributed by atoms with van der Waals surface area (Å²) in [4.78, 5) is 23.0. The number of amides is 1. The van der Waals surface area contributed by atoms with Gasteiger partial charge in [-0.05, 0) is 41.8 Å². The molecule has 1 aromatic carbocycles. The summed E-state index contributed by atoms with van der Waals surface area (Å²) in [6, 6.07) is 8.44. The topological polar surface area (TPSA) is 71.6 Å². The maximum Gasteiger partial charge on any atom is 0.227 e. The number of nitrogens with two attached hydrogens (primary N) is 1. The van der Waals surface area contributed by atoms with Crippen molar-refractivity contribution in [3.63, 3.8) is 0 Å². The summed E-state index contributed by atoms with van der Waals surface area (Å²) in [7, 11) is 0. The molecule has 2 aliphatic heterocycles. The van der Waals surface area contributed by atoms with Gasteiger partial charge in [-0.25, -0.2) is 0 Å². The van der Waals surface area contributed by atoms with Crippen LogP contribution in [0.1, 0.15) is 33.5 Å². The van der Waals surface area contributed by atoms with E-state index in [9.17, 15) is 4.79 Å². The van der Waals surface area contributed by atoms with Crippen molar-refractivity contribution in [2.45, 2.75) is 26.4 Å². The van der Waals surface area contributed by atoms with Gasteiger partial charge in [-0.2, -0.15) is 0 Å². The van der Waals surface area contributed by atoms with Crippen molar-refractivity contribution in [2.24, 2.45) is 10.7 Å². The van der Waals surface area contributed by atoms with Crippen LogP contribution < -0.4 is 5.73 Å². The van der Waals surface area contributed by atoms with Crippen molar-refractivity contribution in [3.8, 4) is 0 Å². The van der Waals surface area contributed by atoms with Gasteiger partial charge in [0.05, 0.1) is 18.7 Å². The molecule has 4 rings (SSSR count). The lowest BCUT2D eigenvalue weighted by atomic mass is 9.91. The van der Waals surface area contributed by atoms with E-state index in [0.717, 1.165) is 22.5 Å². The van der Waals surface area contributed by atoms with Crippen molar-refractivity contribution in [1.82, 2.24) is 9.88 Å². The number of pyridine rings is 1. The quantitative estimate of drug-likeness (QED) is 0.933. The number of nitrogens with zero attached hydrogens (tertiary/aromatic N) is 3. The van der Waals surface area contributed by atoms with Crippen molar-refractivity contribution in [2.75, 3.05) is 13.1 Å². The van der Waals surface area contributed by atoms with Gasteiger partial charge in [0.15, 0.2) is 0 Å². The number of hydrogen-bond donors (Lipinski definition) is 1. The SMILES string of the molecule is Cc1cc(C2=NCc3cc4c(cc32)CN(CCN)C(=O)C4)ccn1. The van der Waals surface area contributed by atoms with E-state index < -0.39 is 0 Å². The number of fused-ring (bicyclic) bond motifs is 2. The summed E-state index contributed by atoms with van der Waals surface area (Å²) >= 11 is 0. The van der Waals surface area contributed by atoms with Gasteiger partial charge in [0.1, 0.15) is 0 Å². The lowest BCUT2D eigenvalue weighted by Crippen LogP contribution is -2.39. The maximum atomic E-state index is 12.2. The molecule has 3 heterocycles. The van der Waals surface area contributed by atoms with E-state index >= 15 is 0 Å². The predicted octanol–water partition coefficient (Wildman–Crippen LogP) is 1.58. The summed E-state index contributed by atoms with van der Waals surface area (Å²) in [5.41, 5.74) is 13.5. The van der Waals surface area contributed by atoms with E-state index in [2.05, 4.69) is 23.2 Å². The number of hydrogen-bond acceptors (Lipinski definition) is 4. The highest BCUT2D eigenvalue weighted by atomic mass is 16.2. The Morgan fingerprint density at radius 1 is 1.21 bits per heavy atom. The van der Waals surface area contributed by atoms with E-state index in [4.69, 9.17) is 10.7 Å². The van der Waals surface area contributed by atoms with Crippen LogP contribution in [0.2, 0.25) is 0 Å². The van der Waals surface area contributed by atoms with Crippen LogP contribution in [-0.4, -0.2) is 34.6 Å². The molecule has 0 radical (unpaired) electrons. The molecule has 1 amide bonds. The van der Waals surface area contributed by atoms with Crippen LogP contribution >= 0.6 is 0 Å². The third-order valence-corrected chi connectivity index (χ3v) is 4.71. The second-order valence-corrected chi connectivity index (χ2v) is 6.41. The Bertz CT molecular complexity index is 856. The van der Waals surface area contributed by atoms with Crippen LogP contribution in [0.25, 0.3) is 0 Å². The lowest BCUT2D eigenvalue weighted by molar-refractivity contribution is -0.131. The normalized spacial score (nSPS) is 16.0. The van der Waals surface area contributed by atoms with E-state index in [0.29, 0.717) is 32.6 Å². The third kappa shape index (κ3) is 2.51. The summed E-state index contributed by atoms with van der Waals surface area (Å²) in [6.07, 6.45) is 2.29. The minimum absolute atomic E-state index is 0.164. The van der Waals surface area contributed by atoms with Gasteiger partial charge in [-0.1, -0.05) is 6.07 Å². The molecule has 2 aromatic rings. The Labute approximate surface area is 141 Å². The average Bonchev–Trinajstić information content (AvgIpc) is 2.96. The van der Waals surface area contributed by atoms with Gasteiger partial charge in [0.25, 0.3) is 0 Å². The van der Waals surface area contributed by atoms with Gasteiger partial charge >= 0.3 is 0 Å². The summed E-state index contributed by atoms with van der Waals surface area (Å²) in [5, 5.41) is 0. The molecule has 0 aliphatic carbocycles. The zero-order valence-corrected chi connectivity index (χ0v) is 13.7. The molecule has 24 heavy (non-hydrogen) atoms. The summed E-state index contributed by atoms with van der Waals surface area (Å²) in [6.45, 7) is 4.42. The largest absolute Gasteiger partial charge is 0.337 e. The van der Waals surface area contributed by atoms with E-state index in [-0.39, 0.29) is 5.91 Å². The Hall–Kier alpha value is -2.53. The molecule has 0 unspecified atom stereocenters. The van der Waals surface area contributed by atoms with Crippen LogP contribution in [0, 0.1) is 6.92 Å². The Balaban J connectivity index is 1.72. The van der Waals surface area contributed by atoms with Crippen LogP contribution in [0.5, 0.6) is 0 Å². The molecule has 5 heteroatoms. The fraction of sp³-hybridized carbons (Fsp3) is 0.316. The van der Waals surface area contributed by atoms with Gasteiger partial charge < -0.3 is 10.6 Å². The van der Waals surface area contributed by atoms with Crippen molar-refractivity contribution in [1.29, 1.82) is 0 Å². The molecule has 5 nitrogen and oxygen atoms in total. The fourth-order valence-electron chi connectivity index (χ4n) is 3.52. The number of aryl methyl sites for hydroxylation is 1. The molecule has 0 spiro atoms. The smallest absolute Gasteiger partial charge is 0.227 e. The number of aromatic nitrogens is 1. The van der Waals surface area contributed by atoms with Gasteiger partial charge in [0.2, 0.25) is 5.91 Å². The fourth-order valence-corrected chi connectivity index (χ4v) is 3.52. The number of carbonyl (C=O) groups is 1. The highest BCUT2D eigenvalue weighted by molar-refractivity contribution is 6.15. The summed E-state index contributed by atoms with van der Waals surface area (Å²) in [5.74, 6) is 0.164. The van der Waals surface area contributed by atoms with Crippen molar-refractivity contribution < 1.29 is 4.79 Å². The second kappa shape index (κ2) is 5.83. The molecule has 122 valence electrons. The molecule has 0 fully saturated rings. The molecular formula is C19H20N4O. The van der Waals surface area contributed by atoms with Crippen molar-refractivity contribution >= 4 is 11.6 Å². The van der Waals surface area contributed by atoms with Crippen molar-refractivity contribution in [3.05, 3.63) is 64.0 Å². The zero-order chi connectivity index (χ0) is 16.7. The van der Waals surface area contributed by atoms with Crippen LogP contribution in [-0.2, 0) is 24.3 Å². The van der Waals surface area contributed by atoms with E-state index in [1.54, 1.807) is 0 Å². The molecular weight excluding hydrogens is 300 g/mol. The molecule has 0 saturated carbocycles. The number of rotatable bonds is 3. The van der Waals surface area contributed by atoms with Gasteiger partial charge in [0, 0.05) is 42.7 Å². The first kappa shape index (κ1) is 15.0. The number of benzene rings is 1. The van der Waals surface area contributed by atoms with E-state index in [1.807, 2.05) is 24.1 Å². The molecule has 0 saturated heterocycles. The number of carbonyl (C=O) groups excluding carboxylic acids is 1. The minimum atomic E-state index is 0.164.